The molecule has 1 fully saturated rings. The van der Waals surface area contributed by atoms with E-state index in [0.717, 1.165) is 15.8 Å². The van der Waals surface area contributed by atoms with Gasteiger partial charge in [0.1, 0.15) is 24.2 Å². The number of nitrogens with zero attached hydrogens (tertiary/aromatic N) is 1. The molecule has 0 amide bonds. The van der Waals surface area contributed by atoms with Gasteiger partial charge in [-0.15, -0.1) is 0 Å². The topological polar surface area (TPSA) is 76.1 Å². The maximum atomic E-state index is 12.0. The summed E-state index contributed by atoms with van der Waals surface area (Å²) in [6, 6.07) is 15.1. The van der Waals surface area contributed by atoms with E-state index in [-0.39, 0.29) is 24.2 Å². The summed E-state index contributed by atoms with van der Waals surface area (Å²) in [5.74, 6) is 1.79. The molecule has 2 aromatic rings. The van der Waals surface area contributed by atoms with Crippen LogP contribution in [0.15, 0.2) is 53.0 Å². The zero-order valence-electron chi connectivity index (χ0n) is 17.0. The Morgan fingerprint density at radius 2 is 1.90 bits per heavy atom. The Bertz CT molecular complexity index is 919. The van der Waals surface area contributed by atoms with Gasteiger partial charge in [-0.05, 0) is 59.1 Å². The summed E-state index contributed by atoms with van der Waals surface area (Å²) in [5, 5.41) is 10.6. The predicted molar refractivity (Wildman–Crippen MR) is 121 cm³/mol. The Morgan fingerprint density at radius 1 is 1.17 bits per heavy atom. The van der Waals surface area contributed by atoms with E-state index in [9.17, 15) is 13.5 Å². The normalized spacial score (nSPS) is 19.0. The van der Waals surface area contributed by atoms with E-state index >= 15 is 0 Å². The smallest absolute Gasteiger partial charge is 0.151 e. The number of benzene rings is 2. The first-order valence-electron chi connectivity index (χ1n) is 10.1. The van der Waals surface area contributed by atoms with Crippen LogP contribution in [0.5, 0.6) is 11.5 Å². The fourth-order valence-corrected chi connectivity index (χ4v) is 5.73. The van der Waals surface area contributed by atoms with Crippen LogP contribution >= 0.6 is 15.9 Å². The zero-order chi connectivity index (χ0) is 21.6. The fraction of sp³-hybridized carbons (Fsp3) is 0.455. The van der Waals surface area contributed by atoms with Crippen LogP contribution in [-0.2, 0) is 16.4 Å². The Kier molecular flexibility index (Phi) is 8.16. The monoisotopic (exact) mass is 497 g/mol. The second kappa shape index (κ2) is 10.6. The first-order valence-corrected chi connectivity index (χ1v) is 12.7. The molecule has 2 aromatic carbocycles. The molecule has 6 nitrogen and oxygen atoms in total. The lowest BCUT2D eigenvalue weighted by Crippen LogP contribution is -2.42. The van der Waals surface area contributed by atoms with Crippen LogP contribution in [0, 0.1) is 0 Å². The van der Waals surface area contributed by atoms with Crippen molar-refractivity contribution in [2.75, 3.05) is 31.3 Å². The average molecular weight is 498 g/mol. The summed E-state index contributed by atoms with van der Waals surface area (Å²) >= 11 is 3.43. The Morgan fingerprint density at radius 3 is 2.53 bits per heavy atom. The van der Waals surface area contributed by atoms with Crippen LogP contribution in [0.4, 0.5) is 0 Å². The molecule has 1 N–H and O–H groups in total. The molecular formula is C22H28BrNO5S. The number of sulfone groups is 1. The van der Waals surface area contributed by atoms with Crippen LogP contribution in [-0.4, -0.2) is 61.8 Å². The maximum absolute atomic E-state index is 12.0. The van der Waals surface area contributed by atoms with Crippen LogP contribution in [0.3, 0.4) is 0 Å². The van der Waals surface area contributed by atoms with Crippen molar-refractivity contribution in [3.05, 3.63) is 58.6 Å². The van der Waals surface area contributed by atoms with E-state index in [1.54, 1.807) is 0 Å². The third-order valence-corrected chi connectivity index (χ3v) is 7.46. The third kappa shape index (κ3) is 6.70. The van der Waals surface area contributed by atoms with E-state index in [0.29, 0.717) is 31.9 Å². The second-order valence-electron chi connectivity index (χ2n) is 7.46. The maximum Gasteiger partial charge on any atom is 0.151 e. The van der Waals surface area contributed by atoms with Gasteiger partial charge in [0.15, 0.2) is 9.84 Å². The standard InChI is InChI=1S/C22H28BrNO5S/c1-2-28-20-9-7-17(8-10-20)13-24(18-11-12-30(26,27)16-18)14-19(25)15-29-22-6-4-3-5-21(22)23/h3-10,18-19,25H,2,11-16H2,1H3. The summed E-state index contributed by atoms with van der Waals surface area (Å²) in [6.45, 7) is 3.56. The molecule has 1 heterocycles. The number of para-hydroxylation sites is 1. The predicted octanol–water partition coefficient (Wildman–Crippen LogP) is 3.28. The van der Waals surface area contributed by atoms with Crippen molar-refractivity contribution < 1.29 is 23.0 Å². The number of ether oxygens (including phenoxy) is 2. The lowest BCUT2D eigenvalue weighted by molar-refractivity contribution is 0.0522. The minimum absolute atomic E-state index is 0.111. The van der Waals surface area contributed by atoms with E-state index in [2.05, 4.69) is 15.9 Å². The van der Waals surface area contributed by atoms with Gasteiger partial charge in [0.25, 0.3) is 0 Å². The molecule has 164 valence electrons. The second-order valence-corrected chi connectivity index (χ2v) is 10.5. The Balaban J connectivity index is 1.65. The first-order chi connectivity index (χ1) is 14.4. The van der Waals surface area contributed by atoms with E-state index < -0.39 is 15.9 Å². The van der Waals surface area contributed by atoms with E-state index in [4.69, 9.17) is 9.47 Å². The van der Waals surface area contributed by atoms with Crippen molar-refractivity contribution in [3.63, 3.8) is 0 Å². The molecule has 0 spiro atoms. The van der Waals surface area contributed by atoms with Crippen LogP contribution in [0.25, 0.3) is 0 Å². The number of aliphatic hydroxyl groups excluding tert-OH is 1. The highest BCUT2D eigenvalue weighted by Gasteiger charge is 2.33. The van der Waals surface area contributed by atoms with Crippen molar-refractivity contribution in [3.8, 4) is 11.5 Å². The molecule has 30 heavy (non-hydrogen) atoms. The van der Waals surface area contributed by atoms with Crippen molar-refractivity contribution in [1.82, 2.24) is 4.90 Å². The molecule has 2 unspecified atom stereocenters. The summed E-state index contributed by atoms with van der Waals surface area (Å²) in [5.41, 5.74) is 1.04. The summed E-state index contributed by atoms with van der Waals surface area (Å²) in [6.07, 6.45) is -0.167. The van der Waals surface area contributed by atoms with Gasteiger partial charge in [0, 0.05) is 19.1 Å². The van der Waals surface area contributed by atoms with Crippen molar-refractivity contribution >= 4 is 25.8 Å². The molecule has 3 rings (SSSR count). The summed E-state index contributed by atoms with van der Waals surface area (Å²) in [7, 11) is -3.02. The minimum atomic E-state index is -3.02. The van der Waals surface area contributed by atoms with Gasteiger partial charge in [-0.2, -0.15) is 0 Å². The molecular weight excluding hydrogens is 470 g/mol. The molecule has 8 heteroatoms. The van der Waals surface area contributed by atoms with Gasteiger partial charge in [-0.3, -0.25) is 4.90 Å². The lowest BCUT2D eigenvalue weighted by Gasteiger charge is -2.30. The van der Waals surface area contributed by atoms with Crippen LogP contribution < -0.4 is 9.47 Å². The highest BCUT2D eigenvalue weighted by Crippen LogP contribution is 2.25. The third-order valence-electron chi connectivity index (χ3n) is 5.06. The molecule has 0 radical (unpaired) electrons. The number of rotatable bonds is 10. The fourth-order valence-electron chi connectivity index (χ4n) is 3.57. The number of aliphatic hydroxyl groups is 1. The van der Waals surface area contributed by atoms with E-state index in [1.165, 1.54) is 0 Å². The number of halogens is 1. The van der Waals surface area contributed by atoms with Crippen LogP contribution in [0.2, 0.25) is 0 Å². The molecule has 2 atom stereocenters. The number of hydrogen-bond donors (Lipinski definition) is 1. The number of hydrogen-bond acceptors (Lipinski definition) is 6. The Labute approximate surface area is 186 Å². The molecule has 0 saturated carbocycles. The van der Waals surface area contributed by atoms with Gasteiger partial charge in [-0.25, -0.2) is 8.42 Å². The molecule has 0 bridgehead atoms. The van der Waals surface area contributed by atoms with Gasteiger partial charge >= 0.3 is 0 Å². The molecule has 0 aliphatic carbocycles. The molecule has 1 saturated heterocycles. The van der Waals surface area contributed by atoms with Crippen molar-refractivity contribution in [2.45, 2.75) is 32.0 Å². The highest BCUT2D eigenvalue weighted by atomic mass is 79.9. The lowest BCUT2D eigenvalue weighted by atomic mass is 10.1. The Hall–Kier alpha value is -1.61. The van der Waals surface area contributed by atoms with Crippen LogP contribution in [0.1, 0.15) is 18.9 Å². The van der Waals surface area contributed by atoms with Gasteiger partial charge in [0.05, 0.1) is 22.6 Å². The van der Waals surface area contributed by atoms with Gasteiger partial charge in [-0.1, -0.05) is 24.3 Å². The highest BCUT2D eigenvalue weighted by molar-refractivity contribution is 9.10. The largest absolute Gasteiger partial charge is 0.494 e. The van der Waals surface area contributed by atoms with Gasteiger partial charge < -0.3 is 14.6 Å². The van der Waals surface area contributed by atoms with Crippen molar-refractivity contribution in [1.29, 1.82) is 0 Å². The summed E-state index contributed by atoms with van der Waals surface area (Å²) < 4.78 is 36.1. The van der Waals surface area contributed by atoms with Gasteiger partial charge in [0.2, 0.25) is 0 Å². The minimum Gasteiger partial charge on any atom is -0.494 e. The zero-order valence-corrected chi connectivity index (χ0v) is 19.4. The SMILES string of the molecule is CCOc1ccc(CN(CC(O)COc2ccccc2Br)C2CCS(=O)(=O)C2)cc1. The first kappa shape index (κ1) is 23.1. The van der Waals surface area contributed by atoms with Crippen molar-refractivity contribution in [2.24, 2.45) is 0 Å². The average Bonchev–Trinajstić information content (AvgIpc) is 3.08. The molecule has 0 aromatic heterocycles. The molecule has 1 aliphatic heterocycles. The quantitative estimate of drug-likeness (QED) is 0.542. The van der Waals surface area contributed by atoms with E-state index in [1.807, 2.05) is 60.4 Å². The molecule has 1 aliphatic rings. The summed E-state index contributed by atoms with van der Waals surface area (Å²) in [4.78, 5) is 2.05.